The van der Waals surface area contributed by atoms with E-state index in [0.29, 0.717) is 24.8 Å². The predicted octanol–water partition coefficient (Wildman–Crippen LogP) is 3.94. The molecule has 1 saturated heterocycles. The number of allylic oxidation sites excluding steroid dienone is 1. The van der Waals surface area contributed by atoms with E-state index in [4.69, 9.17) is 21.1 Å². The van der Waals surface area contributed by atoms with Crippen molar-refractivity contribution < 1.29 is 14.3 Å². The molecule has 0 spiro atoms. The van der Waals surface area contributed by atoms with Gasteiger partial charge in [-0.1, -0.05) is 41.9 Å². The van der Waals surface area contributed by atoms with E-state index in [2.05, 4.69) is 10.2 Å². The van der Waals surface area contributed by atoms with Gasteiger partial charge < -0.3 is 14.8 Å². The Morgan fingerprint density at radius 2 is 1.90 bits per heavy atom. The second-order valence-corrected chi connectivity index (χ2v) is 7.42. The van der Waals surface area contributed by atoms with Gasteiger partial charge in [0.05, 0.1) is 26.4 Å². The Kier molecular flexibility index (Phi) is 7.69. The van der Waals surface area contributed by atoms with Crippen molar-refractivity contribution >= 4 is 23.1 Å². The van der Waals surface area contributed by atoms with Crippen molar-refractivity contribution in [3.8, 4) is 5.75 Å². The van der Waals surface area contributed by atoms with Crippen molar-refractivity contribution in [3.63, 3.8) is 0 Å². The number of nitrogens with one attached hydrogen (secondary N) is 1. The van der Waals surface area contributed by atoms with Gasteiger partial charge in [0.1, 0.15) is 5.75 Å². The van der Waals surface area contributed by atoms with Crippen LogP contribution in [-0.2, 0) is 9.53 Å². The Hall–Kier alpha value is -2.34. The lowest BCUT2D eigenvalue weighted by atomic mass is 10.0. The number of ether oxygens (including phenoxy) is 2. The van der Waals surface area contributed by atoms with Crippen LogP contribution < -0.4 is 10.1 Å². The van der Waals surface area contributed by atoms with E-state index in [1.165, 1.54) is 0 Å². The van der Waals surface area contributed by atoms with E-state index in [1.807, 2.05) is 55.5 Å². The normalized spacial score (nSPS) is 16.3. The van der Waals surface area contributed by atoms with Crippen molar-refractivity contribution in [2.75, 3.05) is 40.0 Å². The third-order valence-electron chi connectivity index (χ3n) is 5.09. The molecule has 1 atom stereocenters. The molecule has 2 aromatic rings. The minimum absolute atomic E-state index is 0.0695. The van der Waals surface area contributed by atoms with Crippen LogP contribution in [0, 0.1) is 0 Å². The van der Waals surface area contributed by atoms with Crippen LogP contribution in [0.5, 0.6) is 5.75 Å². The number of carbonyl (C=O) groups is 1. The Labute approximate surface area is 177 Å². The first-order chi connectivity index (χ1) is 14.1. The van der Waals surface area contributed by atoms with Crippen molar-refractivity contribution in [1.29, 1.82) is 0 Å². The van der Waals surface area contributed by atoms with Crippen LogP contribution in [0.25, 0.3) is 5.57 Å². The van der Waals surface area contributed by atoms with Gasteiger partial charge >= 0.3 is 0 Å². The average Bonchev–Trinajstić information content (AvgIpc) is 2.75. The Bertz CT molecular complexity index is 845. The zero-order valence-electron chi connectivity index (χ0n) is 16.9. The van der Waals surface area contributed by atoms with Crippen molar-refractivity contribution in [3.05, 3.63) is 70.8 Å². The summed E-state index contributed by atoms with van der Waals surface area (Å²) in [6.07, 6.45) is 1.62. The highest BCUT2D eigenvalue weighted by Gasteiger charge is 2.23. The smallest absolute Gasteiger partial charge is 0.244 e. The molecule has 0 aromatic heterocycles. The first kappa shape index (κ1) is 21.4. The van der Waals surface area contributed by atoms with Crippen LogP contribution >= 0.6 is 11.6 Å². The van der Waals surface area contributed by atoms with E-state index in [0.717, 1.165) is 35.5 Å². The lowest BCUT2D eigenvalue weighted by molar-refractivity contribution is -0.116. The largest absolute Gasteiger partial charge is 0.496 e. The molecule has 1 amide bonds. The van der Waals surface area contributed by atoms with E-state index in [9.17, 15) is 4.79 Å². The second-order valence-electron chi connectivity index (χ2n) is 6.99. The Morgan fingerprint density at radius 1 is 1.21 bits per heavy atom. The molecular weight excluding hydrogens is 388 g/mol. The first-order valence-electron chi connectivity index (χ1n) is 9.75. The van der Waals surface area contributed by atoms with Gasteiger partial charge in [0.15, 0.2) is 0 Å². The molecule has 0 aliphatic carbocycles. The fraction of sp³-hybridized carbons (Fsp3) is 0.348. The minimum Gasteiger partial charge on any atom is -0.496 e. The van der Waals surface area contributed by atoms with Gasteiger partial charge in [-0.15, -0.1) is 0 Å². The third kappa shape index (κ3) is 5.82. The lowest BCUT2D eigenvalue weighted by Gasteiger charge is -2.34. The molecule has 0 radical (unpaired) electrons. The van der Waals surface area contributed by atoms with Gasteiger partial charge in [0.2, 0.25) is 5.91 Å². The molecule has 154 valence electrons. The number of carbonyl (C=O) groups excluding carboxylic acids is 1. The number of hydrogen-bond acceptors (Lipinski definition) is 4. The van der Waals surface area contributed by atoms with Crippen LogP contribution in [0.15, 0.2) is 54.6 Å². The molecule has 0 saturated carbocycles. The van der Waals surface area contributed by atoms with Gasteiger partial charge in [-0.2, -0.15) is 0 Å². The molecule has 2 aromatic carbocycles. The minimum atomic E-state index is -0.124. The molecule has 1 heterocycles. The van der Waals surface area contributed by atoms with Gasteiger partial charge in [-0.25, -0.2) is 0 Å². The van der Waals surface area contributed by atoms with E-state index in [-0.39, 0.29) is 11.9 Å². The molecule has 0 bridgehead atoms. The number of benzene rings is 2. The summed E-state index contributed by atoms with van der Waals surface area (Å²) < 4.78 is 10.9. The summed E-state index contributed by atoms with van der Waals surface area (Å²) in [5.41, 5.74) is 2.89. The van der Waals surface area contributed by atoms with Crippen LogP contribution in [0.4, 0.5) is 0 Å². The first-order valence-corrected chi connectivity index (χ1v) is 10.1. The molecule has 6 heteroatoms. The van der Waals surface area contributed by atoms with Crippen LogP contribution in [-0.4, -0.2) is 50.8 Å². The maximum atomic E-state index is 12.6. The molecule has 5 nitrogen and oxygen atoms in total. The zero-order chi connectivity index (χ0) is 20.6. The number of rotatable bonds is 7. The van der Waals surface area contributed by atoms with Crippen LogP contribution in [0.1, 0.15) is 24.1 Å². The second kappa shape index (κ2) is 10.4. The number of morpholine rings is 1. The average molecular weight is 415 g/mol. The number of methoxy groups -OCH3 is 1. The number of nitrogens with zero attached hydrogens (tertiary/aromatic N) is 1. The number of para-hydroxylation sites is 1. The van der Waals surface area contributed by atoms with Gasteiger partial charge in [0.25, 0.3) is 0 Å². The summed E-state index contributed by atoms with van der Waals surface area (Å²) in [5.74, 6) is 0.627. The monoisotopic (exact) mass is 414 g/mol. The molecule has 1 N–H and O–H groups in total. The van der Waals surface area contributed by atoms with Crippen LogP contribution in [0.2, 0.25) is 5.02 Å². The van der Waals surface area contributed by atoms with Gasteiger partial charge in [0, 0.05) is 36.3 Å². The van der Waals surface area contributed by atoms with Crippen molar-refractivity contribution in [1.82, 2.24) is 10.2 Å². The molecule has 3 rings (SSSR count). The van der Waals surface area contributed by atoms with Crippen molar-refractivity contribution in [2.24, 2.45) is 0 Å². The Balaban J connectivity index is 1.71. The van der Waals surface area contributed by atoms with E-state index < -0.39 is 0 Å². The van der Waals surface area contributed by atoms with Crippen LogP contribution in [0.3, 0.4) is 0 Å². The fourth-order valence-corrected chi connectivity index (χ4v) is 3.65. The summed E-state index contributed by atoms with van der Waals surface area (Å²) in [4.78, 5) is 14.9. The third-order valence-corrected chi connectivity index (χ3v) is 5.34. The highest BCUT2D eigenvalue weighted by Crippen LogP contribution is 2.25. The molecule has 1 fully saturated rings. The maximum absolute atomic E-state index is 12.6. The van der Waals surface area contributed by atoms with Gasteiger partial charge in [-0.3, -0.25) is 9.69 Å². The highest BCUT2D eigenvalue weighted by molar-refractivity contribution is 6.30. The van der Waals surface area contributed by atoms with Crippen molar-refractivity contribution in [2.45, 2.75) is 13.0 Å². The molecular formula is C23H27ClN2O3. The highest BCUT2D eigenvalue weighted by atomic mass is 35.5. The predicted molar refractivity (Wildman–Crippen MR) is 116 cm³/mol. The topological polar surface area (TPSA) is 50.8 Å². The number of halogens is 1. The Morgan fingerprint density at radius 3 is 2.59 bits per heavy atom. The molecule has 29 heavy (non-hydrogen) atoms. The summed E-state index contributed by atoms with van der Waals surface area (Å²) in [6, 6.07) is 15.6. The molecule has 1 unspecified atom stereocenters. The fourth-order valence-electron chi connectivity index (χ4n) is 3.52. The zero-order valence-corrected chi connectivity index (χ0v) is 17.6. The molecule has 1 aliphatic heterocycles. The number of amides is 1. The van der Waals surface area contributed by atoms with E-state index in [1.54, 1.807) is 13.2 Å². The summed E-state index contributed by atoms with van der Waals surface area (Å²) >= 11 is 6.05. The quantitative estimate of drug-likeness (QED) is 0.697. The lowest BCUT2D eigenvalue weighted by Crippen LogP contribution is -2.43. The summed E-state index contributed by atoms with van der Waals surface area (Å²) in [7, 11) is 1.63. The SMILES string of the molecule is COc1ccccc1/C(C)=C/C(=O)NCC(c1ccc(Cl)cc1)N1CCOCC1. The molecule has 1 aliphatic rings. The van der Waals surface area contributed by atoms with E-state index >= 15 is 0 Å². The van der Waals surface area contributed by atoms with Gasteiger partial charge in [-0.05, 0) is 36.3 Å². The summed E-state index contributed by atoms with van der Waals surface area (Å²) in [5, 5.41) is 3.76. The summed E-state index contributed by atoms with van der Waals surface area (Å²) in [6.45, 7) is 5.49. The number of hydrogen-bond donors (Lipinski definition) is 1. The standard InChI is InChI=1S/C23H27ClN2O3/c1-17(20-5-3-4-6-22(20)28-2)15-23(27)25-16-21(26-11-13-29-14-12-26)18-7-9-19(24)10-8-18/h3-10,15,21H,11-14,16H2,1-2H3,(H,25,27)/b17-15+. The maximum Gasteiger partial charge on any atom is 0.244 e.